The Labute approximate surface area is 125 Å². The fourth-order valence-corrected chi connectivity index (χ4v) is 2.99. The molecule has 2 aromatic rings. The van der Waals surface area contributed by atoms with Crippen LogP contribution in [0.5, 0.6) is 0 Å². The van der Waals surface area contributed by atoms with Crippen molar-refractivity contribution >= 4 is 48.0 Å². The molecule has 1 aromatic heterocycles. The zero-order valence-electron chi connectivity index (χ0n) is 8.93. The first-order chi connectivity index (χ1) is 8.72. The van der Waals surface area contributed by atoms with E-state index in [0.29, 0.717) is 11.3 Å². The van der Waals surface area contributed by atoms with Crippen molar-refractivity contribution in [1.29, 1.82) is 5.26 Å². The van der Waals surface area contributed by atoms with Crippen molar-refractivity contribution in [3.63, 3.8) is 0 Å². The summed E-state index contributed by atoms with van der Waals surface area (Å²) in [4.78, 5) is 0.989. The molecule has 7 heteroatoms. The number of anilines is 1. The number of nitrogens with one attached hydrogen (secondary N) is 1. The van der Waals surface area contributed by atoms with Crippen molar-refractivity contribution in [2.24, 2.45) is 0 Å². The van der Waals surface area contributed by atoms with Crippen LogP contribution in [-0.2, 0) is 0 Å². The van der Waals surface area contributed by atoms with Crippen molar-refractivity contribution < 1.29 is 4.39 Å². The number of aromatic nitrogens is 1. The Hall–Kier alpha value is -0.850. The minimum atomic E-state index is -0.427. The van der Waals surface area contributed by atoms with Crippen LogP contribution >= 0.6 is 42.3 Å². The molecule has 0 unspecified atom stereocenters. The number of hydrogen-bond donors (Lipinski definition) is 1. The van der Waals surface area contributed by atoms with E-state index in [4.69, 9.17) is 5.26 Å². The Kier molecular flexibility index (Phi) is 4.79. The lowest BCUT2D eigenvalue weighted by molar-refractivity contribution is 0.632. The van der Waals surface area contributed by atoms with E-state index in [1.54, 1.807) is 21.3 Å². The molecule has 0 radical (unpaired) electrons. The Morgan fingerprint density at radius 2 is 2.22 bits per heavy atom. The van der Waals surface area contributed by atoms with Gasteiger partial charge < -0.3 is 4.72 Å². The maximum atomic E-state index is 13.6. The minimum absolute atomic E-state index is 0.315. The van der Waals surface area contributed by atoms with E-state index in [9.17, 15) is 4.39 Å². The first-order valence-corrected chi connectivity index (χ1v) is 8.96. The molecule has 1 aromatic carbocycles. The van der Waals surface area contributed by atoms with Gasteiger partial charge in [-0.2, -0.15) is 5.26 Å². The largest absolute Gasteiger partial charge is 0.323 e. The summed E-state index contributed by atoms with van der Waals surface area (Å²) in [5.74, 6) is -0.427. The second-order valence-electron chi connectivity index (χ2n) is 3.29. The average Bonchev–Trinajstić information content (AvgIpc) is 2.85. The molecule has 0 saturated carbocycles. The summed E-state index contributed by atoms with van der Waals surface area (Å²) >= 11 is 3.51. The van der Waals surface area contributed by atoms with Gasteiger partial charge in [0.1, 0.15) is 5.82 Å². The van der Waals surface area contributed by atoms with E-state index in [0.717, 1.165) is 4.90 Å². The molecule has 0 aliphatic carbocycles. The highest BCUT2D eigenvalue weighted by Crippen LogP contribution is 2.26. The molecule has 0 atom stereocenters. The number of nitrogens with zero attached hydrogens (tertiary/aromatic N) is 2. The predicted octanol–water partition coefficient (Wildman–Crippen LogP) is 4.46. The topological polar surface area (TPSA) is 40.8 Å². The highest BCUT2D eigenvalue weighted by molar-refractivity contribution is 14.2. The van der Waals surface area contributed by atoms with Crippen molar-refractivity contribution in [2.45, 2.75) is 4.90 Å². The summed E-state index contributed by atoms with van der Waals surface area (Å²) in [6.07, 6.45) is 3.87. The lowest BCUT2D eigenvalue weighted by atomic mass is 10.2. The molecule has 0 aliphatic heterocycles. The van der Waals surface area contributed by atoms with E-state index in [-0.39, 0.29) is 0 Å². The third kappa shape index (κ3) is 3.34. The Morgan fingerprint density at radius 3 is 2.83 bits per heavy atom. The Bertz CT molecular complexity index is 594. The molecule has 0 saturated heterocycles. The van der Waals surface area contributed by atoms with E-state index in [1.807, 2.05) is 28.5 Å². The smallest absolute Gasteiger partial charge is 0.148 e. The van der Waals surface area contributed by atoms with E-state index in [1.165, 1.54) is 18.0 Å². The number of hydrogen-bond acceptors (Lipinski definition) is 4. The molecule has 0 fully saturated rings. The third-order valence-electron chi connectivity index (χ3n) is 2.10. The van der Waals surface area contributed by atoms with Crippen LogP contribution < -0.4 is 4.72 Å². The fraction of sp³-hybridized carbons (Fsp3) is 0. The van der Waals surface area contributed by atoms with Gasteiger partial charge in [-0.3, -0.25) is 3.97 Å². The second-order valence-corrected chi connectivity index (χ2v) is 5.91. The quantitative estimate of drug-likeness (QED) is 0.617. The fourth-order valence-electron chi connectivity index (χ4n) is 1.24. The van der Waals surface area contributed by atoms with Gasteiger partial charge in [-0.15, -0.1) is 0 Å². The molecule has 0 spiro atoms. The standard InChI is InChI=1S/C11H7FIN3S2/c12-10-5-8(6-14)1-2-11(10)15-17-9-3-4-16(7-9)18-13/h1-5,7,15H. The van der Waals surface area contributed by atoms with Crippen LogP contribution in [0.25, 0.3) is 0 Å². The van der Waals surface area contributed by atoms with Crippen molar-refractivity contribution in [1.82, 2.24) is 3.97 Å². The van der Waals surface area contributed by atoms with Crippen molar-refractivity contribution in [3.05, 3.63) is 48.0 Å². The van der Waals surface area contributed by atoms with Gasteiger partial charge in [0.2, 0.25) is 0 Å². The maximum Gasteiger partial charge on any atom is 0.148 e. The lowest BCUT2D eigenvalue weighted by Gasteiger charge is -2.05. The molecule has 0 bridgehead atoms. The molecule has 3 nitrogen and oxygen atoms in total. The SMILES string of the molecule is N#Cc1ccc(NSc2ccn(SI)c2)c(F)c1. The Balaban J connectivity index is 2.04. The summed E-state index contributed by atoms with van der Waals surface area (Å²) in [5.41, 5.74) is 0.685. The maximum absolute atomic E-state index is 13.6. The first kappa shape index (κ1) is 13.6. The van der Waals surface area contributed by atoms with Crippen LogP contribution in [0.4, 0.5) is 10.1 Å². The lowest BCUT2D eigenvalue weighted by Crippen LogP contribution is -1.91. The van der Waals surface area contributed by atoms with Gasteiger partial charge in [-0.05, 0) is 36.2 Å². The van der Waals surface area contributed by atoms with Gasteiger partial charge in [0.25, 0.3) is 0 Å². The monoisotopic (exact) mass is 391 g/mol. The summed E-state index contributed by atoms with van der Waals surface area (Å²) in [6.45, 7) is 0. The molecule has 2 rings (SSSR count). The first-order valence-electron chi connectivity index (χ1n) is 4.82. The number of benzene rings is 1. The van der Waals surface area contributed by atoms with Gasteiger partial charge in [-0.1, -0.05) is 0 Å². The van der Waals surface area contributed by atoms with E-state index < -0.39 is 5.82 Å². The van der Waals surface area contributed by atoms with Crippen LogP contribution in [-0.4, -0.2) is 3.97 Å². The molecule has 1 N–H and O–H groups in total. The predicted molar refractivity (Wildman–Crippen MR) is 82.0 cm³/mol. The van der Waals surface area contributed by atoms with Crippen LogP contribution in [0.1, 0.15) is 5.56 Å². The summed E-state index contributed by atoms with van der Waals surface area (Å²) in [6, 6.07) is 8.19. The molecular weight excluding hydrogens is 384 g/mol. The van der Waals surface area contributed by atoms with Crippen LogP contribution in [0.2, 0.25) is 0 Å². The van der Waals surface area contributed by atoms with Gasteiger partial charge in [0, 0.05) is 47.6 Å². The molecule has 0 aliphatic rings. The summed E-state index contributed by atoms with van der Waals surface area (Å²) in [7, 11) is 1.55. The number of rotatable bonds is 4. The summed E-state index contributed by atoms with van der Waals surface area (Å²) in [5, 5.41) is 8.64. The van der Waals surface area contributed by atoms with Gasteiger partial charge in [0.15, 0.2) is 0 Å². The molecule has 92 valence electrons. The Morgan fingerprint density at radius 1 is 1.39 bits per heavy atom. The highest BCUT2D eigenvalue weighted by atomic mass is 127. The number of nitriles is 1. The second kappa shape index (κ2) is 6.36. The summed E-state index contributed by atoms with van der Waals surface area (Å²) < 4.78 is 18.4. The highest BCUT2D eigenvalue weighted by Gasteiger charge is 2.04. The van der Waals surface area contributed by atoms with Gasteiger partial charge in [0.05, 0.1) is 17.3 Å². The van der Waals surface area contributed by atoms with Gasteiger partial charge >= 0.3 is 0 Å². The average molecular weight is 391 g/mol. The van der Waals surface area contributed by atoms with Gasteiger partial charge in [-0.25, -0.2) is 4.39 Å². The van der Waals surface area contributed by atoms with E-state index >= 15 is 0 Å². The van der Waals surface area contributed by atoms with Crippen molar-refractivity contribution in [3.8, 4) is 6.07 Å². The minimum Gasteiger partial charge on any atom is -0.323 e. The zero-order chi connectivity index (χ0) is 13.0. The van der Waals surface area contributed by atoms with Crippen LogP contribution in [0.15, 0.2) is 41.6 Å². The molecule has 18 heavy (non-hydrogen) atoms. The molecule has 1 heterocycles. The normalized spacial score (nSPS) is 10.1. The molecular formula is C11H7FIN3S2. The van der Waals surface area contributed by atoms with Crippen LogP contribution in [0, 0.1) is 17.1 Å². The van der Waals surface area contributed by atoms with Crippen LogP contribution in [0.3, 0.4) is 0 Å². The molecule has 0 amide bonds. The zero-order valence-corrected chi connectivity index (χ0v) is 12.7. The van der Waals surface area contributed by atoms with E-state index in [2.05, 4.69) is 25.9 Å². The number of halogens is 2. The third-order valence-corrected chi connectivity index (χ3v) is 4.65. The van der Waals surface area contributed by atoms with Crippen molar-refractivity contribution in [2.75, 3.05) is 4.72 Å².